The van der Waals surface area contributed by atoms with Crippen molar-refractivity contribution in [2.45, 2.75) is 25.3 Å². The van der Waals surface area contributed by atoms with E-state index in [-0.39, 0.29) is 6.04 Å². The molecule has 19 heavy (non-hydrogen) atoms. The summed E-state index contributed by atoms with van der Waals surface area (Å²) in [5.41, 5.74) is 6.15. The highest BCUT2D eigenvalue weighted by Gasteiger charge is 2.44. The monoisotopic (exact) mass is 289 g/mol. The topological polar surface area (TPSA) is 75.9 Å². The quantitative estimate of drug-likeness (QED) is 0.752. The summed E-state index contributed by atoms with van der Waals surface area (Å²) in [4.78, 5) is 0. The zero-order valence-electron chi connectivity index (χ0n) is 11.2. The minimum absolute atomic E-state index is 0.170. The minimum atomic E-state index is -3.31. The van der Waals surface area contributed by atoms with E-state index in [0.29, 0.717) is 51.2 Å². The number of hydrogen-bond acceptors (Lipinski definition) is 4. The van der Waals surface area contributed by atoms with Gasteiger partial charge in [-0.15, -0.1) is 0 Å². The summed E-state index contributed by atoms with van der Waals surface area (Å²) in [6.45, 7) is 3.20. The molecule has 2 heterocycles. The Morgan fingerprint density at radius 2 is 1.79 bits per heavy atom. The predicted molar refractivity (Wildman–Crippen MR) is 71.7 cm³/mol. The predicted octanol–water partition coefficient (Wildman–Crippen LogP) is -0.377. The molecular weight excluding hydrogens is 266 g/mol. The minimum Gasteiger partial charge on any atom is -0.379 e. The molecule has 3 atom stereocenters. The van der Waals surface area contributed by atoms with Crippen molar-refractivity contribution in [3.8, 4) is 0 Å². The number of nitrogens with two attached hydrogens (primary N) is 1. The second-order valence-electron chi connectivity index (χ2n) is 5.85. The highest BCUT2D eigenvalue weighted by Crippen LogP contribution is 2.37. The Bertz CT molecular complexity index is 422. The van der Waals surface area contributed by atoms with Crippen LogP contribution in [0.5, 0.6) is 0 Å². The molecule has 0 aromatic heterocycles. The Morgan fingerprint density at radius 3 is 2.47 bits per heavy atom. The lowest BCUT2D eigenvalue weighted by Crippen LogP contribution is -2.48. The van der Waals surface area contributed by atoms with Gasteiger partial charge in [-0.25, -0.2) is 0 Å². The summed E-state index contributed by atoms with van der Waals surface area (Å²) in [6.07, 6.45) is 3.29. The molecule has 2 N–H and O–H groups in total. The summed E-state index contributed by atoms with van der Waals surface area (Å²) < 4.78 is 33.6. The number of fused-ring (bicyclic) bond motifs is 1. The number of rotatable bonds is 2. The molecule has 1 aliphatic carbocycles. The largest absolute Gasteiger partial charge is 0.379 e. The van der Waals surface area contributed by atoms with Gasteiger partial charge in [-0.2, -0.15) is 17.0 Å². The molecule has 7 heteroatoms. The highest BCUT2D eigenvalue weighted by molar-refractivity contribution is 7.86. The second kappa shape index (κ2) is 5.29. The third kappa shape index (κ3) is 2.54. The molecule has 3 aliphatic rings. The van der Waals surface area contributed by atoms with Crippen LogP contribution in [-0.4, -0.2) is 62.5 Å². The summed E-state index contributed by atoms with van der Waals surface area (Å²) in [5.74, 6) is 0.809. The maximum Gasteiger partial charge on any atom is 0.282 e. The van der Waals surface area contributed by atoms with Crippen LogP contribution in [-0.2, 0) is 14.9 Å². The van der Waals surface area contributed by atoms with Gasteiger partial charge in [0.05, 0.1) is 13.2 Å². The molecule has 110 valence electrons. The van der Waals surface area contributed by atoms with Crippen molar-refractivity contribution in [3.63, 3.8) is 0 Å². The fourth-order valence-corrected chi connectivity index (χ4v) is 5.28. The number of ether oxygens (including phenoxy) is 1. The van der Waals surface area contributed by atoms with Crippen molar-refractivity contribution in [1.29, 1.82) is 0 Å². The molecule has 0 spiro atoms. The van der Waals surface area contributed by atoms with Gasteiger partial charge in [0.1, 0.15) is 0 Å². The van der Waals surface area contributed by atoms with E-state index >= 15 is 0 Å². The van der Waals surface area contributed by atoms with Crippen LogP contribution in [0.3, 0.4) is 0 Å². The van der Waals surface area contributed by atoms with Gasteiger partial charge in [0.15, 0.2) is 0 Å². The summed E-state index contributed by atoms with van der Waals surface area (Å²) in [6, 6.07) is 0.170. The van der Waals surface area contributed by atoms with Gasteiger partial charge >= 0.3 is 0 Å². The lowest BCUT2D eigenvalue weighted by atomic mass is 9.78. The Balaban J connectivity index is 1.72. The van der Waals surface area contributed by atoms with Crippen LogP contribution >= 0.6 is 0 Å². The van der Waals surface area contributed by atoms with E-state index < -0.39 is 10.2 Å². The average Bonchev–Trinajstić information content (AvgIpc) is 2.86. The van der Waals surface area contributed by atoms with Crippen molar-refractivity contribution >= 4 is 10.2 Å². The molecule has 3 rings (SSSR count). The van der Waals surface area contributed by atoms with Crippen LogP contribution in [0.1, 0.15) is 19.3 Å². The Kier molecular flexibility index (Phi) is 3.83. The molecule has 1 saturated carbocycles. The van der Waals surface area contributed by atoms with Crippen LogP contribution < -0.4 is 5.73 Å². The Hall–Kier alpha value is -0.210. The molecule has 3 unspecified atom stereocenters. The normalized spacial score (nSPS) is 38.3. The van der Waals surface area contributed by atoms with Gasteiger partial charge in [-0.1, -0.05) is 6.42 Å². The van der Waals surface area contributed by atoms with E-state index in [4.69, 9.17) is 10.5 Å². The molecule has 2 saturated heterocycles. The Morgan fingerprint density at radius 1 is 1.05 bits per heavy atom. The molecule has 0 bridgehead atoms. The van der Waals surface area contributed by atoms with Crippen molar-refractivity contribution in [3.05, 3.63) is 0 Å². The van der Waals surface area contributed by atoms with Gasteiger partial charge in [0, 0.05) is 32.2 Å². The molecule has 0 radical (unpaired) electrons. The van der Waals surface area contributed by atoms with E-state index in [1.54, 1.807) is 8.61 Å². The molecular formula is C12H23N3O3S. The summed E-state index contributed by atoms with van der Waals surface area (Å²) >= 11 is 0. The summed E-state index contributed by atoms with van der Waals surface area (Å²) in [5, 5.41) is 0. The molecule has 3 fully saturated rings. The fraction of sp³-hybridized carbons (Fsp3) is 1.00. The van der Waals surface area contributed by atoms with E-state index in [0.717, 1.165) is 19.3 Å². The van der Waals surface area contributed by atoms with E-state index in [1.807, 2.05) is 0 Å². The van der Waals surface area contributed by atoms with Gasteiger partial charge in [0.2, 0.25) is 0 Å². The fourth-order valence-electron chi connectivity index (χ4n) is 3.60. The van der Waals surface area contributed by atoms with E-state index in [9.17, 15) is 8.42 Å². The first-order chi connectivity index (χ1) is 9.09. The third-order valence-electron chi connectivity index (χ3n) is 4.74. The Labute approximate surface area is 115 Å². The van der Waals surface area contributed by atoms with E-state index in [2.05, 4.69) is 0 Å². The number of nitrogens with zero attached hydrogens (tertiary/aromatic N) is 2. The van der Waals surface area contributed by atoms with Crippen molar-refractivity contribution in [1.82, 2.24) is 8.61 Å². The van der Waals surface area contributed by atoms with Crippen LogP contribution in [0.4, 0.5) is 0 Å². The first kappa shape index (κ1) is 13.8. The van der Waals surface area contributed by atoms with Gasteiger partial charge in [-0.05, 0) is 24.7 Å². The van der Waals surface area contributed by atoms with Crippen LogP contribution in [0, 0.1) is 11.8 Å². The van der Waals surface area contributed by atoms with Gasteiger partial charge in [-0.3, -0.25) is 0 Å². The number of morpholine rings is 1. The number of hydrogen-bond donors (Lipinski definition) is 1. The molecule has 0 amide bonds. The molecule has 0 aromatic carbocycles. The highest BCUT2D eigenvalue weighted by atomic mass is 32.2. The maximum absolute atomic E-state index is 12.6. The van der Waals surface area contributed by atoms with Crippen LogP contribution in [0.2, 0.25) is 0 Å². The molecule has 0 aromatic rings. The first-order valence-corrected chi connectivity index (χ1v) is 8.57. The maximum atomic E-state index is 12.6. The zero-order valence-corrected chi connectivity index (χ0v) is 12.0. The third-order valence-corrected chi connectivity index (χ3v) is 6.71. The first-order valence-electron chi connectivity index (χ1n) is 7.17. The average molecular weight is 289 g/mol. The zero-order chi connectivity index (χ0) is 13.5. The standard InChI is InChI=1S/C12H23N3O3S/c13-12-3-1-2-10-8-15(9-11(10)12)19(16,17)14-4-6-18-7-5-14/h10-12H,1-9,13H2. The second-order valence-corrected chi connectivity index (χ2v) is 7.78. The van der Waals surface area contributed by atoms with Crippen molar-refractivity contribution in [2.24, 2.45) is 17.6 Å². The van der Waals surface area contributed by atoms with Gasteiger partial charge in [0.25, 0.3) is 10.2 Å². The van der Waals surface area contributed by atoms with Gasteiger partial charge < -0.3 is 10.5 Å². The van der Waals surface area contributed by atoms with Crippen molar-refractivity contribution in [2.75, 3.05) is 39.4 Å². The lowest BCUT2D eigenvalue weighted by molar-refractivity contribution is 0.0705. The van der Waals surface area contributed by atoms with Crippen molar-refractivity contribution < 1.29 is 13.2 Å². The lowest BCUT2D eigenvalue weighted by Gasteiger charge is -2.30. The molecule has 6 nitrogen and oxygen atoms in total. The van der Waals surface area contributed by atoms with Crippen LogP contribution in [0.15, 0.2) is 0 Å². The van der Waals surface area contributed by atoms with E-state index in [1.165, 1.54) is 0 Å². The smallest absolute Gasteiger partial charge is 0.282 e. The van der Waals surface area contributed by atoms with Crippen LogP contribution in [0.25, 0.3) is 0 Å². The SMILES string of the molecule is NC1CCCC2CN(S(=O)(=O)N3CCOCC3)CC12. The molecule has 2 aliphatic heterocycles. The summed E-state index contributed by atoms with van der Waals surface area (Å²) in [7, 11) is -3.31.